The molecule has 0 aromatic carbocycles. The van der Waals surface area contributed by atoms with Crippen molar-refractivity contribution in [1.82, 2.24) is 15.6 Å². The van der Waals surface area contributed by atoms with Crippen molar-refractivity contribution in [3.05, 3.63) is 30.1 Å². The van der Waals surface area contributed by atoms with Crippen LogP contribution in [0, 0.1) is 5.92 Å². The molecule has 1 fully saturated rings. The number of hydrogen-bond donors (Lipinski definition) is 3. The Hall–Kier alpha value is -2.11. The summed E-state index contributed by atoms with van der Waals surface area (Å²) in [6.07, 6.45) is 4.22. The molecular formula is C15H21N3O3. The molecule has 114 valence electrons. The summed E-state index contributed by atoms with van der Waals surface area (Å²) in [5.41, 5.74) is -0.407. The highest BCUT2D eigenvalue weighted by Gasteiger charge is 2.42. The smallest absolute Gasteiger partial charge is 0.329 e. The molecule has 2 rings (SSSR count). The third-order valence-corrected chi connectivity index (χ3v) is 4.05. The van der Waals surface area contributed by atoms with Crippen molar-refractivity contribution in [1.29, 1.82) is 0 Å². The van der Waals surface area contributed by atoms with E-state index in [1.807, 2.05) is 6.07 Å². The fraction of sp³-hybridized carbons (Fsp3) is 0.533. The summed E-state index contributed by atoms with van der Waals surface area (Å²) in [6, 6.07) is 4.97. The standard InChI is InChI=1S/C15H21N3O3/c1-11-5-7-15(8-6-11,13(19)20)18-14(21)17-10-12-4-2-3-9-16-12/h2-4,9,11H,5-8,10H2,1H3,(H,19,20)(H2,17,18,21). The Balaban J connectivity index is 1.91. The van der Waals surface area contributed by atoms with E-state index >= 15 is 0 Å². The normalized spacial score (nSPS) is 25.1. The van der Waals surface area contributed by atoms with Crippen LogP contribution in [0.3, 0.4) is 0 Å². The molecule has 0 saturated heterocycles. The third kappa shape index (κ3) is 3.93. The first-order chi connectivity index (χ1) is 10.0. The molecule has 6 nitrogen and oxygen atoms in total. The van der Waals surface area contributed by atoms with Crippen LogP contribution in [0.15, 0.2) is 24.4 Å². The summed E-state index contributed by atoms with van der Waals surface area (Å²) in [5.74, 6) is -0.446. The number of urea groups is 1. The maximum absolute atomic E-state index is 12.0. The molecule has 0 radical (unpaired) electrons. The van der Waals surface area contributed by atoms with Gasteiger partial charge >= 0.3 is 12.0 Å². The highest BCUT2D eigenvalue weighted by molar-refractivity contribution is 5.86. The molecule has 1 aliphatic carbocycles. The van der Waals surface area contributed by atoms with Gasteiger partial charge in [0.2, 0.25) is 0 Å². The van der Waals surface area contributed by atoms with Crippen LogP contribution in [-0.4, -0.2) is 27.6 Å². The Labute approximate surface area is 124 Å². The van der Waals surface area contributed by atoms with E-state index in [4.69, 9.17) is 0 Å². The van der Waals surface area contributed by atoms with E-state index in [0.29, 0.717) is 18.8 Å². The number of nitrogens with zero attached hydrogens (tertiary/aromatic N) is 1. The number of rotatable bonds is 4. The summed E-state index contributed by atoms with van der Waals surface area (Å²) < 4.78 is 0. The second-order valence-electron chi connectivity index (χ2n) is 5.70. The van der Waals surface area contributed by atoms with E-state index in [2.05, 4.69) is 22.5 Å². The lowest BCUT2D eigenvalue weighted by Gasteiger charge is -2.36. The number of carboxylic acid groups (broad SMARTS) is 1. The van der Waals surface area contributed by atoms with E-state index < -0.39 is 17.5 Å². The first-order valence-electron chi connectivity index (χ1n) is 7.21. The monoisotopic (exact) mass is 291 g/mol. The zero-order chi connectivity index (χ0) is 15.3. The highest BCUT2D eigenvalue weighted by Crippen LogP contribution is 2.32. The van der Waals surface area contributed by atoms with Crippen molar-refractivity contribution < 1.29 is 14.7 Å². The van der Waals surface area contributed by atoms with Gasteiger partial charge in [-0.05, 0) is 43.7 Å². The van der Waals surface area contributed by atoms with Crippen LogP contribution in [0.4, 0.5) is 4.79 Å². The van der Waals surface area contributed by atoms with Crippen LogP contribution >= 0.6 is 0 Å². The van der Waals surface area contributed by atoms with Gasteiger partial charge in [-0.15, -0.1) is 0 Å². The second kappa shape index (κ2) is 6.56. The molecule has 3 N–H and O–H groups in total. The van der Waals surface area contributed by atoms with Crippen LogP contribution < -0.4 is 10.6 Å². The Kier molecular flexibility index (Phi) is 4.77. The minimum absolute atomic E-state index is 0.277. The van der Waals surface area contributed by atoms with Crippen molar-refractivity contribution in [3.8, 4) is 0 Å². The molecule has 21 heavy (non-hydrogen) atoms. The van der Waals surface area contributed by atoms with Gasteiger partial charge in [0.15, 0.2) is 0 Å². The van der Waals surface area contributed by atoms with Gasteiger partial charge in [0.25, 0.3) is 0 Å². The number of aromatic nitrogens is 1. The van der Waals surface area contributed by atoms with Crippen molar-refractivity contribution in [2.24, 2.45) is 5.92 Å². The Bertz CT molecular complexity index is 496. The fourth-order valence-electron chi connectivity index (χ4n) is 2.58. The number of amides is 2. The van der Waals surface area contributed by atoms with Crippen molar-refractivity contribution >= 4 is 12.0 Å². The predicted molar refractivity (Wildman–Crippen MR) is 77.6 cm³/mol. The highest BCUT2D eigenvalue weighted by atomic mass is 16.4. The molecule has 0 spiro atoms. The largest absolute Gasteiger partial charge is 0.480 e. The van der Waals surface area contributed by atoms with E-state index in [1.165, 1.54) is 0 Å². The maximum atomic E-state index is 12.0. The number of pyridine rings is 1. The summed E-state index contributed by atoms with van der Waals surface area (Å²) in [6.45, 7) is 2.38. The van der Waals surface area contributed by atoms with Gasteiger partial charge in [0.05, 0.1) is 12.2 Å². The number of carbonyl (C=O) groups excluding carboxylic acids is 1. The Morgan fingerprint density at radius 3 is 2.67 bits per heavy atom. The SMILES string of the molecule is CC1CCC(NC(=O)NCc2ccccn2)(C(=O)O)CC1. The third-order valence-electron chi connectivity index (χ3n) is 4.05. The zero-order valence-electron chi connectivity index (χ0n) is 12.1. The number of nitrogens with one attached hydrogen (secondary N) is 2. The Morgan fingerprint density at radius 2 is 2.10 bits per heavy atom. The molecule has 1 aliphatic rings. The predicted octanol–water partition coefficient (Wildman–Crippen LogP) is 1.91. The van der Waals surface area contributed by atoms with Gasteiger partial charge in [-0.2, -0.15) is 0 Å². The van der Waals surface area contributed by atoms with Gasteiger partial charge in [0.1, 0.15) is 5.54 Å². The van der Waals surface area contributed by atoms with Gasteiger partial charge in [-0.25, -0.2) is 9.59 Å². The van der Waals surface area contributed by atoms with Crippen LogP contribution in [0.5, 0.6) is 0 Å². The summed E-state index contributed by atoms with van der Waals surface area (Å²) in [7, 11) is 0. The zero-order valence-corrected chi connectivity index (χ0v) is 12.1. The van der Waals surface area contributed by atoms with Crippen molar-refractivity contribution in [2.75, 3.05) is 0 Å². The molecule has 1 aromatic rings. The molecular weight excluding hydrogens is 270 g/mol. The van der Waals surface area contributed by atoms with Crippen molar-refractivity contribution in [2.45, 2.75) is 44.7 Å². The molecule has 1 saturated carbocycles. The first kappa shape index (κ1) is 15.3. The summed E-state index contributed by atoms with van der Waals surface area (Å²) in [4.78, 5) is 27.6. The molecule has 1 heterocycles. The minimum Gasteiger partial charge on any atom is -0.480 e. The fourth-order valence-corrected chi connectivity index (χ4v) is 2.58. The lowest BCUT2D eigenvalue weighted by Crippen LogP contribution is -2.58. The van der Waals surface area contributed by atoms with E-state index in [0.717, 1.165) is 18.5 Å². The lowest BCUT2D eigenvalue weighted by molar-refractivity contribution is -0.146. The molecule has 2 amide bonds. The van der Waals surface area contributed by atoms with Gasteiger partial charge in [0, 0.05) is 6.20 Å². The number of hydrogen-bond acceptors (Lipinski definition) is 3. The average Bonchev–Trinajstić information content (AvgIpc) is 2.48. The lowest BCUT2D eigenvalue weighted by atomic mass is 9.77. The first-order valence-corrected chi connectivity index (χ1v) is 7.21. The number of carbonyl (C=O) groups is 2. The van der Waals surface area contributed by atoms with E-state index in [9.17, 15) is 14.7 Å². The summed E-state index contributed by atoms with van der Waals surface area (Å²) >= 11 is 0. The molecule has 6 heteroatoms. The molecule has 1 aromatic heterocycles. The molecule has 0 bridgehead atoms. The van der Waals surface area contributed by atoms with E-state index in [-0.39, 0.29) is 6.54 Å². The van der Waals surface area contributed by atoms with Gasteiger partial charge in [-0.3, -0.25) is 4.98 Å². The van der Waals surface area contributed by atoms with Crippen molar-refractivity contribution in [3.63, 3.8) is 0 Å². The maximum Gasteiger partial charge on any atom is 0.329 e. The van der Waals surface area contributed by atoms with Crippen LogP contribution in [-0.2, 0) is 11.3 Å². The molecule has 0 aliphatic heterocycles. The number of aliphatic carboxylic acids is 1. The number of carboxylic acids is 1. The minimum atomic E-state index is -1.14. The quantitative estimate of drug-likeness (QED) is 0.790. The van der Waals surface area contributed by atoms with Crippen LogP contribution in [0.2, 0.25) is 0 Å². The topological polar surface area (TPSA) is 91.3 Å². The average molecular weight is 291 g/mol. The molecule has 0 unspecified atom stereocenters. The van der Waals surface area contributed by atoms with Crippen LogP contribution in [0.25, 0.3) is 0 Å². The van der Waals surface area contributed by atoms with Gasteiger partial charge in [-0.1, -0.05) is 13.0 Å². The summed E-state index contributed by atoms with van der Waals surface area (Å²) in [5, 5.41) is 14.8. The van der Waals surface area contributed by atoms with E-state index in [1.54, 1.807) is 18.3 Å². The second-order valence-corrected chi connectivity index (χ2v) is 5.70. The van der Waals surface area contributed by atoms with Crippen LogP contribution in [0.1, 0.15) is 38.3 Å². The van der Waals surface area contributed by atoms with Gasteiger partial charge < -0.3 is 15.7 Å². The molecule has 0 atom stereocenters. The Morgan fingerprint density at radius 1 is 1.38 bits per heavy atom.